The van der Waals surface area contributed by atoms with Crippen LogP contribution in [0.15, 0.2) is 0 Å². The first-order valence-electron chi connectivity index (χ1n) is 6.68. The van der Waals surface area contributed by atoms with Crippen LogP contribution in [0.2, 0.25) is 0 Å². The van der Waals surface area contributed by atoms with Crippen molar-refractivity contribution in [2.45, 2.75) is 51.4 Å². The molecule has 1 N–H and O–H groups in total. The van der Waals surface area contributed by atoms with Gasteiger partial charge in [0.25, 0.3) is 0 Å². The molecular formula is C13H24N2O3S. The van der Waals surface area contributed by atoms with Crippen LogP contribution < -0.4 is 5.32 Å². The van der Waals surface area contributed by atoms with Crippen molar-refractivity contribution in [3.63, 3.8) is 0 Å². The lowest BCUT2D eigenvalue weighted by Gasteiger charge is -2.39. The summed E-state index contributed by atoms with van der Waals surface area (Å²) in [6.45, 7) is 7.95. The highest BCUT2D eigenvalue weighted by molar-refractivity contribution is 7.84. The van der Waals surface area contributed by atoms with Crippen molar-refractivity contribution in [2.24, 2.45) is 5.92 Å². The van der Waals surface area contributed by atoms with E-state index in [1.807, 2.05) is 20.8 Å². The first-order valence-corrected chi connectivity index (χ1v) is 8.31. The van der Waals surface area contributed by atoms with Crippen LogP contribution in [-0.2, 0) is 20.4 Å². The Bertz CT molecular complexity index is 384. The lowest BCUT2D eigenvalue weighted by Crippen LogP contribution is -2.64. The Kier molecular flexibility index (Phi) is 5.52. The lowest BCUT2D eigenvalue weighted by molar-refractivity contribution is -0.149. The molecule has 0 aromatic rings. The van der Waals surface area contributed by atoms with E-state index in [4.69, 9.17) is 0 Å². The van der Waals surface area contributed by atoms with Gasteiger partial charge in [0.05, 0.1) is 0 Å². The molecular weight excluding hydrogens is 264 g/mol. The predicted octanol–water partition coefficient (Wildman–Crippen LogP) is 0.515. The number of carbonyl (C=O) groups is 2. The molecule has 0 radical (unpaired) electrons. The molecule has 5 nitrogen and oxygen atoms in total. The maximum absolute atomic E-state index is 12.3. The van der Waals surface area contributed by atoms with E-state index in [0.29, 0.717) is 13.0 Å². The average Bonchev–Trinajstić information content (AvgIpc) is 2.32. The van der Waals surface area contributed by atoms with E-state index in [2.05, 4.69) is 5.32 Å². The van der Waals surface area contributed by atoms with Crippen molar-refractivity contribution in [3.8, 4) is 0 Å². The van der Waals surface area contributed by atoms with E-state index in [1.165, 1.54) is 0 Å². The van der Waals surface area contributed by atoms with Gasteiger partial charge in [0.2, 0.25) is 11.8 Å². The summed E-state index contributed by atoms with van der Waals surface area (Å²) in [5, 5.41) is 2.80. The minimum absolute atomic E-state index is 0.0301. The third kappa shape index (κ3) is 3.78. The van der Waals surface area contributed by atoms with Crippen LogP contribution in [0.1, 0.15) is 34.1 Å². The van der Waals surface area contributed by atoms with Crippen LogP contribution >= 0.6 is 0 Å². The molecule has 1 rings (SSSR count). The standard InChI is InChI=1S/C13H24N2O3S/c1-8(2)11-13(17)15(10(4)12(16)14-11)7-6-9(3)19(5)18/h8-11H,6-7H2,1-5H3,(H,14,16). The lowest BCUT2D eigenvalue weighted by atomic mass is 9.98. The molecule has 4 unspecified atom stereocenters. The molecule has 110 valence electrons. The molecule has 6 heteroatoms. The van der Waals surface area contributed by atoms with E-state index in [0.717, 1.165) is 0 Å². The first-order chi connectivity index (χ1) is 8.75. The monoisotopic (exact) mass is 288 g/mol. The van der Waals surface area contributed by atoms with Crippen molar-refractivity contribution < 1.29 is 13.8 Å². The summed E-state index contributed by atoms with van der Waals surface area (Å²) < 4.78 is 11.3. The second kappa shape index (κ2) is 6.50. The second-order valence-electron chi connectivity index (χ2n) is 5.54. The molecule has 0 saturated carbocycles. The second-order valence-corrected chi connectivity index (χ2v) is 7.34. The van der Waals surface area contributed by atoms with Crippen LogP contribution in [-0.4, -0.2) is 51.1 Å². The Morgan fingerprint density at radius 2 is 1.89 bits per heavy atom. The molecule has 4 atom stereocenters. The quantitative estimate of drug-likeness (QED) is 0.802. The highest BCUT2D eigenvalue weighted by Gasteiger charge is 2.39. The van der Waals surface area contributed by atoms with E-state index in [1.54, 1.807) is 18.1 Å². The Morgan fingerprint density at radius 1 is 1.32 bits per heavy atom. The van der Waals surface area contributed by atoms with Gasteiger partial charge in [0.1, 0.15) is 12.1 Å². The third-order valence-corrected chi connectivity index (χ3v) is 5.07. The van der Waals surface area contributed by atoms with Crippen LogP contribution in [0, 0.1) is 5.92 Å². The van der Waals surface area contributed by atoms with E-state index in [-0.39, 0.29) is 23.0 Å². The molecule has 19 heavy (non-hydrogen) atoms. The highest BCUT2D eigenvalue weighted by Crippen LogP contribution is 2.16. The van der Waals surface area contributed by atoms with Gasteiger partial charge in [-0.1, -0.05) is 20.8 Å². The zero-order valence-corrected chi connectivity index (χ0v) is 13.1. The van der Waals surface area contributed by atoms with E-state index < -0.39 is 22.9 Å². The largest absolute Gasteiger partial charge is 0.342 e. The Hall–Kier alpha value is -0.910. The van der Waals surface area contributed by atoms with E-state index in [9.17, 15) is 13.8 Å². The van der Waals surface area contributed by atoms with Crippen molar-refractivity contribution in [1.29, 1.82) is 0 Å². The summed E-state index contributed by atoms with van der Waals surface area (Å²) in [6, 6.07) is -0.883. The number of nitrogens with zero attached hydrogens (tertiary/aromatic N) is 1. The summed E-state index contributed by atoms with van der Waals surface area (Å²) >= 11 is 0. The fourth-order valence-corrected chi connectivity index (χ4v) is 2.53. The van der Waals surface area contributed by atoms with Gasteiger partial charge in [-0.2, -0.15) is 0 Å². The summed E-state index contributed by atoms with van der Waals surface area (Å²) in [5.41, 5.74) is 0. The maximum Gasteiger partial charge on any atom is 0.246 e. The first kappa shape index (κ1) is 16.1. The molecule has 1 saturated heterocycles. The van der Waals surface area contributed by atoms with Crippen LogP contribution in [0.5, 0.6) is 0 Å². The maximum atomic E-state index is 12.3. The van der Waals surface area contributed by atoms with Gasteiger partial charge in [-0.15, -0.1) is 0 Å². The van der Waals surface area contributed by atoms with Gasteiger partial charge in [0, 0.05) is 28.9 Å². The molecule has 1 aliphatic heterocycles. The molecule has 0 aromatic heterocycles. The van der Waals surface area contributed by atoms with Crippen LogP contribution in [0.25, 0.3) is 0 Å². The third-order valence-electron chi connectivity index (χ3n) is 3.70. The van der Waals surface area contributed by atoms with Crippen molar-refractivity contribution in [3.05, 3.63) is 0 Å². The molecule has 2 amide bonds. The summed E-state index contributed by atoms with van der Waals surface area (Å²) in [7, 11) is -0.902. The summed E-state index contributed by atoms with van der Waals surface area (Å²) in [5.74, 6) is -0.0658. The van der Waals surface area contributed by atoms with Gasteiger partial charge in [-0.25, -0.2) is 0 Å². The fourth-order valence-electron chi connectivity index (χ4n) is 2.09. The van der Waals surface area contributed by atoms with Crippen molar-refractivity contribution in [1.82, 2.24) is 10.2 Å². The number of piperazine rings is 1. The van der Waals surface area contributed by atoms with E-state index >= 15 is 0 Å². The molecule has 0 aliphatic carbocycles. The topological polar surface area (TPSA) is 66.5 Å². The number of hydrogen-bond acceptors (Lipinski definition) is 3. The number of amides is 2. The molecule has 0 aromatic carbocycles. The highest BCUT2D eigenvalue weighted by atomic mass is 32.2. The minimum Gasteiger partial charge on any atom is -0.342 e. The Morgan fingerprint density at radius 3 is 2.37 bits per heavy atom. The van der Waals surface area contributed by atoms with Gasteiger partial charge >= 0.3 is 0 Å². The van der Waals surface area contributed by atoms with Crippen LogP contribution in [0.4, 0.5) is 0 Å². The summed E-state index contributed by atoms with van der Waals surface area (Å²) in [6.07, 6.45) is 2.31. The van der Waals surface area contributed by atoms with Crippen LogP contribution in [0.3, 0.4) is 0 Å². The number of carbonyl (C=O) groups excluding carboxylic acids is 2. The number of rotatable bonds is 5. The average molecular weight is 288 g/mol. The van der Waals surface area contributed by atoms with Crippen molar-refractivity contribution >= 4 is 22.6 Å². The predicted molar refractivity (Wildman–Crippen MR) is 76.1 cm³/mol. The molecule has 0 bridgehead atoms. The smallest absolute Gasteiger partial charge is 0.246 e. The summed E-state index contributed by atoms with van der Waals surface area (Å²) in [4.78, 5) is 25.8. The van der Waals surface area contributed by atoms with Gasteiger partial charge in [-0.05, 0) is 19.3 Å². The molecule has 1 aliphatic rings. The van der Waals surface area contributed by atoms with Crippen molar-refractivity contribution in [2.75, 3.05) is 12.8 Å². The number of hydrogen-bond donors (Lipinski definition) is 1. The Labute approximate surface area is 117 Å². The molecule has 1 heterocycles. The zero-order valence-electron chi connectivity index (χ0n) is 12.3. The molecule has 0 spiro atoms. The minimum atomic E-state index is -0.902. The van der Waals surface area contributed by atoms with Gasteiger partial charge in [-0.3, -0.25) is 13.8 Å². The normalized spacial score (nSPS) is 27.4. The number of nitrogens with one attached hydrogen (secondary N) is 1. The van der Waals surface area contributed by atoms with Gasteiger partial charge in [0.15, 0.2) is 0 Å². The van der Waals surface area contributed by atoms with Gasteiger partial charge < -0.3 is 10.2 Å². The molecule has 1 fully saturated rings. The Balaban J connectivity index is 2.75. The SMILES string of the molecule is CC(C)C1NC(=O)C(C)N(CCC(C)S(C)=O)C1=O. The zero-order chi connectivity index (χ0) is 14.7. The fraction of sp³-hybridized carbons (Fsp3) is 0.846.